The summed E-state index contributed by atoms with van der Waals surface area (Å²) >= 11 is 0. The second kappa shape index (κ2) is 4.69. The Bertz CT molecular complexity index is 270. The molecule has 0 rings (SSSR count). The summed E-state index contributed by atoms with van der Waals surface area (Å²) in [4.78, 5) is 10.4. The van der Waals surface area contributed by atoms with Gasteiger partial charge in [-0.25, -0.2) is 0 Å². The molecule has 0 aromatic heterocycles. The fourth-order valence-electron chi connectivity index (χ4n) is 0.693. The molecule has 102 valence electrons. The SMILES string of the molecule is CC(N)(COC(C(F)(F)F)C(F)(F)F)C(=O)O. The molecule has 0 aliphatic heterocycles. The van der Waals surface area contributed by atoms with Gasteiger partial charge in [-0.2, -0.15) is 26.3 Å². The Hall–Kier alpha value is -1.03. The van der Waals surface area contributed by atoms with Crippen LogP contribution in [-0.4, -0.2) is 41.7 Å². The van der Waals surface area contributed by atoms with Crippen molar-refractivity contribution in [2.24, 2.45) is 5.73 Å². The molecule has 0 radical (unpaired) electrons. The summed E-state index contributed by atoms with van der Waals surface area (Å²) in [6.45, 7) is -0.689. The zero-order valence-electron chi connectivity index (χ0n) is 8.39. The van der Waals surface area contributed by atoms with Gasteiger partial charge < -0.3 is 15.6 Å². The maximum absolute atomic E-state index is 12.0. The van der Waals surface area contributed by atoms with E-state index in [2.05, 4.69) is 4.74 Å². The third-order valence-corrected chi connectivity index (χ3v) is 1.63. The van der Waals surface area contributed by atoms with E-state index in [0.717, 1.165) is 6.92 Å². The first kappa shape index (κ1) is 16.0. The Labute approximate surface area is 91.3 Å². The number of rotatable bonds is 4. The van der Waals surface area contributed by atoms with Gasteiger partial charge in [-0.1, -0.05) is 0 Å². The van der Waals surface area contributed by atoms with E-state index < -0.39 is 36.6 Å². The molecule has 0 heterocycles. The quantitative estimate of drug-likeness (QED) is 0.754. The Balaban J connectivity index is 4.77. The molecule has 17 heavy (non-hydrogen) atoms. The Morgan fingerprint density at radius 2 is 1.59 bits per heavy atom. The molecule has 0 aliphatic carbocycles. The minimum absolute atomic E-state index is 0.735. The van der Waals surface area contributed by atoms with Crippen LogP contribution < -0.4 is 5.73 Å². The zero-order valence-corrected chi connectivity index (χ0v) is 8.39. The van der Waals surface area contributed by atoms with Gasteiger partial charge >= 0.3 is 18.3 Å². The normalized spacial score (nSPS) is 17.0. The van der Waals surface area contributed by atoms with Crippen molar-refractivity contribution in [2.75, 3.05) is 6.61 Å². The van der Waals surface area contributed by atoms with Crippen molar-refractivity contribution in [3.8, 4) is 0 Å². The molecule has 0 aromatic rings. The number of halogens is 6. The highest BCUT2D eigenvalue weighted by molar-refractivity contribution is 5.78. The fourth-order valence-corrected chi connectivity index (χ4v) is 0.693. The number of carboxylic acids is 1. The summed E-state index contributed by atoms with van der Waals surface area (Å²) in [5.41, 5.74) is 2.60. The first-order valence-electron chi connectivity index (χ1n) is 4.06. The summed E-state index contributed by atoms with van der Waals surface area (Å²) in [7, 11) is 0. The molecule has 0 fully saturated rings. The van der Waals surface area contributed by atoms with Gasteiger partial charge in [0, 0.05) is 0 Å². The molecular weight excluding hydrogens is 260 g/mol. The second-order valence-corrected chi connectivity index (χ2v) is 3.50. The maximum Gasteiger partial charge on any atom is 0.423 e. The van der Waals surface area contributed by atoms with Crippen molar-refractivity contribution >= 4 is 5.97 Å². The fraction of sp³-hybridized carbons (Fsp3) is 0.857. The number of ether oxygens (including phenoxy) is 1. The van der Waals surface area contributed by atoms with E-state index in [1.165, 1.54) is 0 Å². The molecule has 0 bridgehead atoms. The standard InChI is InChI=1S/C7H9F6NO3/c1-5(14,4(15)16)2-17-3(6(8,9)10)7(11,12)13/h3H,2,14H2,1H3,(H,15,16). The van der Waals surface area contributed by atoms with Gasteiger partial charge in [-0.3, -0.25) is 4.79 Å². The van der Waals surface area contributed by atoms with Crippen molar-refractivity contribution in [3.63, 3.8) is 0 Å². The van der Waals surface area contributed by atoms with E-state index >= 15 is 0 Å². The molecule has 1 unspecified atom stereocenters. The van der Waals surface area contributed by atoms with Crippen LogP contribution in [-0.2, 0) is 9.53 Å². The molecular formula is C7H9F6NO3. The number of aliphatic carboxylic acids is 1. The minimum atomic E-state index is -5.69. The lowest BCUT2D eigenvalue weighted by Crippen LogP contribution is -2.53. The predicted molar refractivity (Wildman–Crippen MR) is 42.1 cm³/mol. The average Bonchev–Trinajstić information content (AvgIpc) is 1.97. The Morgan fingerprint density at radius 1 is 1.24 bits per heavy atom. The van der Waals surface area contributed by atoms with Gasteiger partial charge in [0.15, 0.2) is 0 Å². The highest BCUT2D eigenvalue weighted by Gasteiger charge is 2.58. The van der Waals surface area contributed by atoms with Crippen molar-refractivity contribution < 1.29 is 41.0 Å². The number of hydrogen-bond acceptors (Lipinski definition) is 3. The number of hydrogen-bond donors (Lipinski definition) is 2. The smallest absolute Gasteiger partial charge is 0.423 e. The number of nitrogens with two attached hydrogens (primary N) is 1. The average molecular weight is 269 g/mol. The molecule has 3 N–H and O–H groups in total. The maximum atomic E-state index is 12.0. The highest BCUT2D eigenvalue weighted by atomic mass is 19.4. The van der Waals surface area contributed by atoms with Crippen LogP contribution in [0.2, 0.25) is 0 Å². The van der Waals surface area contributed by atoms with Gasteiger partial charge in [0.25, 0.3) is 0 Å². The van der Waals surface area contributed by atoms with E-state index in [1.54, 1.807) is 0 Å². The molecule has 0 saturated heterocycles. The van der Waals surface area contributed by atoms with Crippen LogP contribution in [0.5, 0.6) is 0 Å². The van der Waals surface area contributed by atoms with Crippen molar-refractivity contribution in [1.82, 2.24) is 0 Å². The van der Waals surface area contributed by atoms with E-state index in [4.69, 9.17) is 10.8 Å². The van der Waals surface area contributed by atoms with Crippen LogP contribution in [0, 0.1) is 0 Å². The lowest BCUT2D eigenvalue weighted by atomic mass is 10.1. The molecule has 4 nitrogen and oxygen atoms in total. The van der Waals surface area contributed by atoms with E-state index in [0.29, 0.717) is 0 Å². The largest absolute Gasteiger partial charge is 0.480 e. The monoisotopic (exact) mass is 269 g/mol. The minimum Gasteiger partial charge on any atom is -0.480 e. The Kier molecular flexibility index (Phi) is 4.40. The molecule has 0 amide bonds. The summed E-state index contributed by atoms with van der Waals surface area (Å²) in [5.74, 6) is -1.78. The number of alkyl halides is 6. The lowest BCUT2D eigenvalue weighted by molar-refractivity contribution is -0.323. The van der Waals surface area contributed by atoms with Gasteiger partial charge in [0.05, 0.1) is 6.61 Å². The molecule has 0 spiro atoms. The topological polar surface area (TPSA) is 72.5 Å². The summed E-state index contributed by atoms with van der Waals surface area (Å²) in [6, 6.07) is 0. The Morgan fingerprint density at radius 3 is 1.82 bits per heavy atom. The number of carboxylic acid groups (broad SMARTS) is 1. The van der Waals surface area contributed by atoms with E-state index in [1.807, 2.05) is 0 Å². The van der Waals surface area contributed by atoms with Crippen LogP contribution in [0.4, 0.5) is 26.3 Å². The van der Waals surface area contributed by atoms with Crippen LogP contribution in [0.1, 0.15) is 6.92 Å². The summed E-state index contributed by atoms with van der Waals surface area (Å²) in [5, 5.41) is 8.39. The van der Waals surface area contributed by atoms with Gasteiger partial charge in [-0.15, -0.1) is 0 Å². The van der Waals surface area contributed by atoms with E-state index in [-0.39, 0.29) is 0 Å². The summed E-state index contributed by atoms with van der Waals surface area (Å²) in [6.07, 6.45) is -15.4. The second-order valence-electron chi connectivity index (χ2n) is 3.50. The van der Waals surface area contributed by atoms with Gasteiger partial charge in [-0.05, 0) is 6.92 Å². The molecule has 10 heteroatoms. The lowest BCUT2D eigenvalue weighted by Gasteiger charge is -2.26. The first-order valence-corrected chi connectivity index (χ1v) is 4.06. The third kappa shape index (κ3) is 4.77. The van der Waals surface area contributed by atoms with Crippen LogP contribution in [0.25, 0.3) is 0 Å². The predicted octanol–water partition coefficient (Wildman–Crippen LogP) is 1.30. The first-order chi connectivity index (χ1) is 7.28. The van der Waals surface area contributed by atoms with Crippen molar-refractivity contribution in [2.45, 2.75) is 30.9 Å². The zero-order chi connectivity index (χ0) is 14.1. The molecule has 0 aliphatic rings. The molecule has 0 aromatic carbocycles. The van der Waals surface area contributed by atoms with Gasteiger partial charge in [0.1, 0.15) is 5.54 Å². The van der Waals surface area contributed by atoms with E-state index in [9.17, 15) is 31.1 Å². The van der Waals surface area contributed by atoms with Crippen LogP contribution in [0.3, 0.4) is 0 Å². The van der Waals surface area contributed by atoms with Crippen LogP contribution in [0.15, 0.2) is 0 Å². The van der Waals surface area contributed by atoms with Crippen molar-refractivity contribution in [3.05, 3.63) is 0 Å². The highest BCUT2D eigenvalue weighted by Crippen LogP contribution is 2.35. The van der Waals surface area contributed by atoms with Crippen LogP contribution >= 0.6 is 0 Å². The van der Waals surface area contributed by atoms with Crippen molar-refractivity contribution in [1.29, 1.82) is 0 Å². The number of carbonyl (C=O) groups is 1. The summed E-state index contributed by atoms with van der Waals surface area (Å²) < 4.78 is 75.3. The molecule has 1 atom stereocenters. The third-order valence-electron chi connectivity index (χ3n) is 1.63. The molecule has 0 saturated carbocycles. The van der Waals surface area contributed by atoms with Gasteiger partial charge in [0.2, 0.25) is 6.10 Å².